The summed E-state index contributed by atoms with van der Waals surface area (Å²) >= 11 is 0. The quantitative estimate of drug-likeness (QED) is 0.422. The molecule has 3 N–H and O–H groups in total. The normalized spacial score (nSPS) is 44.1. The van der Waals surface area contributed by atoms with Gasteiger partial charge in [0.25, 0.3) is 10.1 Å². The van der Waals surface area contributed by atoms with Gasteiger partial charge >= 0.3 is 0 Å². The number of carbonyl (C=O) groups excluding carboxylic acids is 1. The molecule has 4 aliphatic rings. The van der Waals surface area contributed by atoms with Crippen molar-refractivity contribution in [3.8, 4) is 0 Å². The number of ether oxygens (including phenoxy) is 1. The Morgan fingerprint density at radius 2 is 1.77 bits per heavy atom. The molecule has 0 aromatic rings. The number of hydrogen-bond donors (Lipinski definition) is 3. The van der Waals surface area contributed by atoms with Gasteiger partial charge in [-0.05, 0) is 104 Å². The average Bonchev–Trinajstić information content (AvgIpc) is 3.14. The molecule has 0 bridgehead atoms. The molecule has 4 rings (SSSR count). The Hall–Kier alpha value is -0.700. The number of rotatable bonds is 8. The minimum absolute atomic E-state index is 0.0481. The van der Waals surface area contributed by atoms with E-state index < -0.39 is 15.9 Å². The van der Waals surface area contributed by atoms with Crippen molar-refractivity contribution in [1.29, 1.82) is 0 Å². The van der Waals surface area contributed by atoms with Crippen LogP contribution in [0.25, 0.3) is 0 Å². The van der Waals surface area contributed by atoms with Crippen LogP contribution < -0.4 is 5.32 Å². The Morgan fingerprint density at radius 3 is 2.46 bits per heavy atom. The lowest BCUT2D eigenvalue weighted by atomic mass is 9.43. The lowest BCUT2D eigenvalue weighted by Gasteiger charge is -2.63. The van der Waals surface area contributed by atoms with E-state index in [1.54, 1.807) is 0 Å². The Labute approximate surface area is 211 Å². The summed E-state index contributed by atoms with van der Waals surface area (Å²) in [6.45, 7) is 7.24. The molecule has 10 atom stereocenters. The first-order valence-corrected chi connectivity index (χ1v) is 15.4. The number of carbonyl (C=O) groups is 1. The van der Waals surface area contributed by atoms with Gasteiger partial charge in [0.15, 0.2) is 0 Å². The van der Waals surface area contributed by atoms with E-state index in [9.17, 15) is 18.3 Å². The van der Waals surface area contributed by atoms with E-state index in [0.717, 1.165) is 32.1 Å². The van der Waals surface area contributed by atoms with Gasteiger partial charge in [0, 0.05) is 20.1 Å². The second kappa shape index (κ2) is 10.2. The standard InChI is InChI=1S/C27H47NO6S/c1-17(5-8-24(30)28-13-14-35(31,32)33)20-6-7-21-25-22(10-12-27(20,21)3)26(2)11-9-19(29)15-18(26)16-23(25)34-4/h17-23,25,29H,5-16H2,1-4H3,(H,28,30)(H,31,32,33). The van der Waals surface area contributed by atoms with Gasteiger partial charge in [-0.1, -0.05) is 20.8 Å². The number of nitrogens with one attached hydrogen (secondary N) is 1. The van der Waals surface area contributed by atoms with E-state index in [-0.39, 0.29) is 30.1 Å². The Morgan fingerprint density at radius 1 is 1.09 bits per heavy atom. The summed E-state index contributed by atoms with van der Waals surface area (Å²) in [6.07, 6.45) is 10.3. The fourth-order valence-electron chi connectivity index (χ4n) is 9.37. The molecule has 0 spiro atoms. The van der Waals surface area contributed by atoms with Crippen LogP contribution in [0.15, 0.2) is 0 Å². The van der Waals surface area contributed by atoms with Crippen molar-refractivity contribution in [2.24, 2.45) is 46.3 Å². The summed E-state index contributed by atoms with van der Waals surface area (Å²) < 4.78 is 36.8. The molecule has 4 saturated carbocycles. The molecule has 0 heterocycles. The highest BCUT2D eigenvalue weighted by molar-refractivity contribution is 7.85. The van der Waals surface area contributed by atoms with Gasteiger partial charge in [-0.15, -0.1) is 0 Å². The van der Waals surface area contributed by atoms with Crippen molar-refractivity contribution in [3.63, 3.8) is 0 Å². The minimum Gasteiger partial charge on any atom is -0.393 e. The first-order valence-electron chi connectivity index (χ1n) is 13.8. The number of aliphatic hydroxyl groups is 1. The zero-order valence-electron chi connectivity index (χ0n) is 22.0. The van der Waals surface area contributed by atoms with E-state index in [2.05, 4.69) is 26.1 Å². The lowest BCUT2D eigenvalue weighted by molar-refractivity contribution is -0.181. The minimum atomic E-state index is -4.05. The van der Waals surface area contributed by atoms with Crippen LogP contribution in [-0.4, -0.2) is 55.6 Å². The van der Waals surface area contributed by atoms with E-state index in [4.69, 9.17) is 9.29 Å². The maximum atomic E-state index is 12.3. The van der Waals surface area contributed by atoms with Crippen molar-refractivity contribution in [2.75, 3.05) is 19.4 Å². The maximum Gasteiger partial charge on any atom is 0.266 e. The molecule has 4 fully saturated rings. The summed E-state index contributed by atoms with van der Waals surface area (Å²) in [6, 6.07) is 0. The largest absolute Gasteiger partial charge is 0.393 e. The number of fused-ring (bicyclic) bond motifs is 5. The predicted molar refractivity (Wildman–Crippen MR) is 135 cm³/mol. The van der Waals surface area contributed by atoms with Crippen LogP contribution in [0.2, 0.25) is 0 Å². The highest BCUT2D eigenvalue weighted by Gasteiger charge is 2.63. The molecular formula is C27H47NO6S. The van der Waals surface area contributed by atoms with Crippen LogP contribution in [0.1, 0.15) is 85.0 Å². The van der Waals surface area contributed by atoms with Gasteiger partial charge in [-0.2, -0.15) is 8.42 Å². The fraction of sp³-hybridized carbons (Fsp3) is 0.963. The van der Waals surface area contributed by atoms with E-state index in [1.165, 1.54) is 25.7 Å². The van der Waals surface area contributed by atoms with Crippen LogP contribution in [0, 0.1) is 46.3 Å². The van der Waals surface area contributed by atoms with Gasteiger partial charge in [0.2, 0.25) is 5.91 Å². The average molecular weight is 514 g/mol. The van der Waals surface area contributed by atoms with Crippen LogP contribution >= 0.6 is 0 Å². The van der Waals surface area contributed by atoms with Gasteiger partial charge in [-0.25, -0.2) is 0 Å². The third-order valence-corrected chi connectivity index (χ3v) is 11.9. The zero-order valence-corrected chi connectivity index (χ0v) is 22.9. The molecule has 7 nitrogen and oxygen atoms in total. The summed E-state index contributed by atoms with van der Waals surface area (Å²) in [4.78, 5) is 12.3. The zero-order chi connectivity index (χ0) is 25.6. The fourth-order valence-corrected chi connectivity index (χ4v) is 9.73. The molecule has 202 valence electrons. The van der Waals surface area contributed by atoms with Crippen molar-refractivity contribution in [3.05, 3.63) is 0 Å². The van der Waals surface area contributed by atoms with Crippen molar-refractivity contribution in [1.82, 2.24) is 5.32 Å². The van der Waals surface area contributed by atoms with Crippen LogP contribution in [0.5, 0.6) is 0 Å². The highest BCUT2D eigenvalue weighted by Crippen LogP contribution is 2.68. The smallest absolute Gasteiger partial charge is 0.266 e. The SMILES string of the molecule is COC1CC2CC(O)CCC2(C)C2CCC3(C)C(C(C)CCC(=O)NCCS(=O)(=O)O)CCC3C12. The van der Waals surface area contributed by atoms with E-state index in [1.807, 2.05) is 7.11 Å². The molecule has 0 radical (unpaired) electrons. The van der Waals surface area contributed by atoms with Gasteiger partial charge in [0.1, 0.15) is 0 Å². The van der Waals surface area contributed by atoms with Gasteiger partial charge < -0.3 is 15.2 Å². The molecule has 0 saturated heterocycles. The summed E-state index contributed by atoms with van der Waals surface area (Å²) in [7, 11) is -2.17. The molecule has 0 aromatic heterocycles. The Kier molecular flexibility index (Phi) is 7.98. The second-order valence-electron chi connectivity index (χ2n) is 12.8. The first kappa shape index (κ1) is 27.3. The molecule has 4 aliphatic carbocycles. The Balaban J connectivity index is 1.41. The first-order chi connectivity index (χ1) is 16.4. The van der Waals surface area contributed by atoms with Crippen molar-refractivity contribution in [2.45, 2.75) is 97.2 Å². The van der Waals surface area contributed by atoms with Crippen molar-refractivity contribution < 1.29 is 27.6 Å². The molecule has 0 aliphatic heterocycles. The molecule has 10 unspecified atom stereocenters. The number of hydrogen-bond acceptors (Lipinski definition) is 5. The molecule has 1 amide bonds. The number of aliphatic hydroxyl groups excluding tert-OH is 1. The van der Waals surface area contributed by atoms with Gasteiger partial charge in [0.05, 0.1) is 18.0 Å². The van der Waals surface area contributed by atoms with Gasteiger partial charge in [-0.3, -0.25) is 9.35 Å². The Bertz CT molecular complexity index is 879. The summed E-state index contributed by atoms with van der Waals surface area (Å²) in [5.41, 5.74) is 0.570. The van der Waals surface area contributed by atoms with Crippen molar-refractivity contribution >= 4 is 16.0 Å². The highest BCUT2D eigenvalue weighted by atomic mass is 32.2. The lowest BCUT2D eigenvalue weighted by Crippen LogP contribution is -2.59. The topological polar surface area (TPSA) is 113 Å². The third kappa shape index (κ3) is 5.32. The summed E-state index contributed by atoms with van der Waals surface area (Å²) in [5.74, 6) is 2.86. The second-order valence-corrected chi connectivity index (χ2v) is 14.4. The van der Waals surface area contributed by atoms with Crippen LogP contribution in [-0.2, 0) is 19.6 Å². The van der Waals surface area contributed by atoms with Crippen LogP contribution in [0.4, 0.5) is 0 Å². The number of methoxy groups -OCH3 is 1. The van der Waals surface area contributed by atoms with E-state index in [0.29, 0.717) is 47.3 Å². The molecular weight excluding hydrogens is 466 g/mol. The monoisotopic (exact) mass is 513 g/mol. The maximum absolute atomic E-state index is 12.3. The van der Waals surface area contributed by atoms with Crippen LogP contribution in [0.3, 0.4) is 0 Å². The summed E-state index contributed by atoms with van der Waals surface area (Å²) in [5, 5.41) is 13.0. The third-order valence-electron chi connectivity index (χ3n) is 11.2. The van der Waals surface area contributed by atoms with E-state index >= 15 is 0 Å². The molecule has 0 aromatic carbocycles. The number of amides is 1. The predicted octanol–water partition coefficient (Wildman–Crippen LogP) is 4.05. The molecule has 35 heavy (non-hydrogen) atoms. The molecule has 8 heteroatoms.